The lowest BCUT2D eigenvalue weighted by atomic mass is 9.99. The number of hydrogen-bond donors (Lipinski definition) is 1. The molecule has 3 aromatic rings. The quantitative estimate of drug-likeness (QED) is 0.509. The molecular weight excluding hydrogens is 428 g/mol. The van der Waals surface area contributed by atoms with E-state index < -0.39 is 18.1 Å². The molecule has 0 saturated heterocycles. The van der Waals surface area contributed by atoms with Crippen molar-refractivity contribution < 1.29 is 19.4 Å². The van der Waals surface area contributed by atoms with E-state index in [9.17, 15) is 14.7 Å². The van der Waals surface area contributed by atoms with Crippen molar-refractivity contribution in [3.8, 4) is 0 Å². The molecule has 3 aromatic carbocycles. The van der Waals surface area contributed by atoms with Crippen LogP contribution in [0, 0.1) is 6.92 Å². The molecule has 4 rings (SSSR count). The molecule has 6 nitrogen and oxygen atoms in total. The van der Waals surface area contributed by atoms with Crippen molar-refractivity contribution >= 4 is 17.6 Å². The molecule has 1 unspecified atom stereocenters. The number of nitrogens with zero attached hydrogens (tertiary/aromatic N) is 2. The Kier molecular flexibility index (Phi) is 7.09. The molecule has 1 N–H and O–H groups in total. The highest BCUT2D eigenvalue weighted by Gasteiger charge is 2.41. The predicted molar refractivity (Wildman–Crippen MR) is 131 cm³/mol. The van der Waals surface area contributed by atoms with Gasteiger partial charge in [0.05, 0.1) is 12.2 Å². The minimum Gasteiger partial charge on any atom is -0.478 e. The van der Waals surface area contributed by atoms with Crippen molar-refractivity contribution in [2.24, 2.45) is 0 Å². The highest BCUT2D eigenvalue weighted by molar-refractivity contribution is 6.03. The standard InChI is InChI=1S/C28H28N2O4/c1-3-34-28(33)25-24(27(31)32)19-29(18-21-12-6-4-7-13-21)26(22-14-8-5-9-15-22)30(25)23-16-10-11-20(2)17-23/h4-17,26H,3,18-19H2,1-2H3,(H,31,32). The summed E-state index contributed by atoms with van der Waals surface area (Å²) in [5.74, 6) is -1.77. The third kappa shape index (κ3) is 4.87. The normalized spacial score (nSPS) is 16.4. The van der Waals surface area contributed by atoms with E-state index in [4.69, 9.17) is 4.74 Å². The summed E-state index contributed by atoms with van der Waals surface area (Å²) in [6.07, 6.45) is -0.411. The van der Waals surface area contributed by atoms with Gasteiger partial charge in [-0.25, -0.2) is 9.59 Å². The van der Waals surface area contributed by atoms with Crippen LogP contribution in [0.2, 0.25) is 0 Å². The third-order valence-electron chi connectivity index (χ3n) is 5.81. The molecule has 6 heteroatoms. The molecule has 0 bridgehead atoms. The van der Waals surface area contributed by atoms with Crippen molar-refractivity contribution in [3.05, 3.63) is 113 Å². The summed E-state index contributed by atoms with van der Waals surface area (Å²) in [6, 6.07) is 27.5. The fourth-order valence-electron chi connectivity index (χ4n) is 4.38. The van der Waals surface area contributed by atoms with Crippen molar-refractivity contribution in [2.75, 3.05) is 18.1 Å². The molecule has 0 saturated carbocycles. The maximum absolute atomic E-state index is 13.2. The number of aryl methyl sites for hydroxylation is 1. The Morgan fingerprint density at radius 2 is 1.65 bits per heavy atom. The summed E-state index contributed by atoms with van der Waals surface area (Å²) in [7, 11) is 0. The van der Waals surface area contributed by atoms with Crippen LogP contribution in [-0.2, 0) is 20.9 Å². The average Bonchev–Trinajstić information content (AvgIpc) is 2.84. The zero-order valence-electron chi connectivity index (χ0n) is 19.3. The van der Waals surface area contributed by atoms with Gasteiger partial charge in [-0.2, -0.15) is 0 Å². The lowest BCUT2D eigenvalue weighted by Crippen LogP contribution is -2.50. The van der Waals surface area contributed by atoms with Gasteiger partial charge < -0.3 is 14.7 Å². The van der Waals surface area contributed by atoms with E-state index in [1.807, 2.05) is 96.8 Å². The number of carbonyl (C=O) groups is 2. The molecule has 0 fully saturated rings. The number of carboxylic acids is 1. The van der Waals surface area contributed by atoms with Crippen LogP contribution in [0.15, 0.2) is 96.2 Å². The monoisotopic (exact) mass is 456 g/mol. The number of carboxylic acid groups (broad SMARTS) is 1. The number of anilines is 1. The highest BCUT2D eigenvalue weighted by Crippen LogP contribution is 2.40. The van der Waals surface area contributed by atoms with Crippen LogP contribution in [-0.4, -0.2) is 35.1 Å². The third-order valence-corrected chi connectivity index (χ3v) is 5.81. The fourth-order valence-corrected chi connectivity index (χ4v) is 4.38. The minimum absolute atomic E-state index is 0.0167. The maximum Gasteiger partial charge on any atom is 0.355 e. The van der Waals surface area contributed by atoms with Crippen LogP contribution < -0.4 is 4.90 Å². The van der Waals surface area contributed by atoms with Crippen LogP contribution in [0.5, 0.6) is 0 Å². The van der Waals surface area contributed by atoms with Gasteiger partial charge >= 0.3 is 11.9 Å². The maximum atomic E-state index is 13.2. The Balaban J connectivity index is 1.96. The molecule has 1 atom stereocenters. The first-order valence-corrected chi connectivity index (χ1v) is 11.3. The molecule has 1 heterocycles. The Morgan fingerprint density at radius 1 is 0.971 bits per heavy atom. The SMILES string of the molecule is CCOC(=O)C1=C(C(=O)O)CN(Cc2ccccc2)C(c2ccccc2)N1c1cccc(C)c1. The summed E-state index contributed by atoms with van der Waals surface area (Å²) in [4.78, 5) is 29.6. The van der Waals surface area contributed by atoms with Crippen molar-refractivity contribution in [1.82, 2.24) is 4.90 Å². The number of esters is 1. The van der Waals surface area contributed by atoms with Gasteiger partial charge in [-0.3, -0.25) is 4.90 Å². The first-order valence-electron chi connectivity index (χ1n) is 11.3. The minimum atomic E-state index is -1.13. The summed E-state index contributed by atoms with van der Waals surface area (Å²) < 4.78 is 5.36. The van der Waals surface area contributed by atoms with E-state index in [2.05, 4.69) is 4.90 Å². The zero-order chi connectivity index (χ0) is 24.1. The molecule has 34 heavy (non-hydrogen) atoms. The van der Waals surface area contributed by atoms with Crippen molar-refractivity contribution in [3.63, 3.8) is 0 Å². The molecule has 174 valence electrons. The number of benzene rings is 3. The predicted octanol–water partition coefficient (Wildman–Crippen LogP) is 4.92. The van der Waals surface area contributed by atoms with Gasteiger partial charge in [0.15, 0.2) is 0 Å². The number of ether oxygens (including phenoxy) is 1. The number of aliphatic carboxylic acids is 1. The van der Waals surface area contributed by atoms with Gasteiger partial charge in [0.25, 0.3) is 0 Å². The van der Waals surface area contributed by atoms with Crippen molar-refractivity contribution in [2.45, 2.75) is 26.6 Å². The molecule has 1 aliphatic rings. The summed E-state index contributed by atoms with van der Waals surface area (Å²) in [5, 5.41) is 10.2. The molecule has 0 aromatic heterocycles. The first kappa shape index (κ1) is 23.3. The Labute approximate surface area is 199 Å². The number of hydrogen-bond acceptors (Lipinski definition) is 5. The van der Waals surface area contributed by atoms with Gasteiger partial charge in [0.1, 0.15) is 11.9 Å². The van der Waals surface area contributed by atoms with Gasteiger partial charge in [-0.05, 0) is 42.7 Å². The summed E-state index contributed by atoms with van der Waals surface area (Å²) >= 11 is 0. The van der Waals surface area contributed by atoms with Gasteiger partial charge in [-0.1, -0.05) is 72.8 Å². The highest BCUT2D eigenvalue weighted by atomic mass is 16.5. The Morgan fingerprint density at radius 3 is 2.26 bits per heavy atom. The molecule has 0 aliphatic carbocycles. The van der Waals surface area contributed by atoms with Crippen LogP contribution in [0.25, 0.3) is 0 Å². The van der Waals surface area contributed by atoms with Gasteiger partial charge in [0, 0.05) is 18.8 Å². The smallest absolute Gasteiger partial charge is 0.355 e. The van der Waals surface area contributed by atoms with Crippen molar-refractivity contribution in [1.29, 1.82) is 0 Å². The summed E-state index contributed by atoms with van der Waals surface area (Å²) in [5.41, 5.74) is 3.82. The molecule has 0 spiro atoms. The molecule has 0 amide bonds. The van der Waals surface area contributed by atoms with Gasteiger partial charge in [0.2, 0.25) is 0 Å². The molecule has 0 radical (unpaired) electrons. The average molecular weight is 457 g/mol. The van der Waals surface area contributed by atoms with E-state index >= 15 is 0 Å². The van der Waals surface area contributed by atoms with Crippen LogP contribution in [0.1, 0.15) is 29.8 Å². The van der Waals surface area contributed by atoms with E-state index in [1.165, 1.54) is 0 Å². The Hall–Kier alpha value is -3.90. The van der Waals surface area contributed by atoms with E-state index in [-0.39, 0.29) is 24.4 Å². The number of carbonyl (C=O) groups excluding carboxylic acids is 1. The molecule has 1 aliphatic heterocycles. The van der Waals surface area contributed by atoms with Crippen LogP contribution in [0.3, 0.4) is 0 Å². The van der Waals surface area contributed by atoms with Crippen LogP contribution >= 0.6 is 0 Å². The molecular formula is C28H28N2O4. The second-order valence-electron chi connectivity index (χ2n) is 8.24. The largest absolute Gasteiger partial charge is 0.478 e. The van der Waals surface area contributed by atoms with Crippen LogP contribution in [0.4, 0.5) is 5.69 Å². The lowest BCUT2D eigenvalue weighted by molar-refractivity contribution is -0.140. The topological polar surface area (TPSA) is 70.1 Å². The second-order valence-corrected chi connectivity index (χ2v) is 8.24. The van der Waals surface area contributed by atoms with E-state index in [0.717, 1.165) is 22.4 Å². The first-order chi connectivity index (χ1) is 16.5. The lowest BCUT2D eigenvalue weighted by Gasteiger charge is -2.46. The second kappa shape index (κ2) is 10.4. The fraction of sp³-hybridized carbons (Fsp3) is 0.214. The zero-order valence-corrected chi connectivity index (χ0v) is 19.3. The van der Waals surface area contributed by atoms with E-state index in [1.54, 1.807) is 6.92 Å². The van der Waals surface area contributed by atoms with Gasteiger partial charge in [-0.15, -0.1) is 0 Å². The summed E-state index contributed by atoms with van der Waals surface area (Å²) in [6.45, 7) is 4.45. The number of rotatable bonds is 7. The van der Waals surface area contributed by atoms with E-state index in [0.29, 0.717) is 6.54 Å². The Bertz CT molecular complexity index is 1190.